The largest absolute Gasteiger partial charge is 0.494 e. The number of carbonyl (C=O) groups is 2. The number of anilines is 1. The standard InChI is InChI=1S/C26H21BrN2O4/c1-3-33-20-14-12-19(13-15-20)29-24(21-6-4-5-7-22(21)27)28-23(25(29)30)16-17-8-10-18(11-9-17)26(31)32-2/h4-16H,3H2,1-2H3/b23-16+. The number of rotatable bonds is 6. The van der Waals surface area contributed by atoms with Gasteiger partial charge >= 0.3 is 5.97 Å². The van der Waals surface area contributed by atoms with Gasteiger partial charge in [0.2, 0.25) is 0 Å². The summed E-state index contributed by atoms with van der Waals surface area (Å²) in [4.78, 5) is 31.4. The zero-order chi connectivity index (χ0) is 23.4. The van der Waals surface area contributed by atoms with Crippen LogP contribution in [-0.4, -0.2) is 31.4 Å². The molecule has 0 aromatic heterocycles. The lowest BCUT2D eigenvalue weighted by atomic mass is 10.1. The quantitative estimate of drug-likeness (QED) is 0.329. The molecule has 1 amide bonds. The van der Waals surface area contributed by atoms with E-state index in [9.17, 15) is 9.59 Å². The van der Waals surface area contributed by atoms with Crippen molar-refractivity contribution in [3.05, 3.63) is 99.7 Å². The summed E-state index contributed by atoms with van der Waals surface area (Å²) >= 11 is 3.57. The number of nitrogens with zero attached hydrogens (tertiary/aromatic N) is 2. The summed E-state index contributed by atoms with van der Waals surface area (Å²) in [5, 5.41) is 0. The van der Waals surface area contributed by atoms with Crippen molar-refractivity contribution in [2.75, 3.05) is 18.6 Å². The van der Waals surface area contributed by atoms with Crippen molar-refractivity contribution in [2.45, 2.75) is 6.92 Å². The van der Waals surface area contributed by atoms with E-state index in [1.54, 1.807) is 35.2 Å². The van der Waals surface area contributed by atoms with E-state index < -0.39 is 5.97 Å². The fourth-order valence-electron chi connectivity index (χ4n) is 3.43. The molecule has 0 fully saturated rings. The Morgan fingerprint density at radius 1 is 1.03 bits per heavy atom. The number of esters is 1. The molecule has 0 saturated carbocycles. The van der Waals surface area contributed by atoms with Crippen LogP contribution in [0.4, 0.5) is 5.69 Å². The van der Waals surface area contributed by atoms with Crippen LogP contribution in [0.25, 0.3) is 6.08 Å². The second kappa shape index (κ2) is 9.83. The van der Waals surface area contributed by atoms with Crippen molar-refractivity contribution in [3.63, 3.8) is 0 Å². The number of ether oxygens (including phenoxy) is 2. The van der Waals surface area contributed by atoms with Crippen LogP contribution < -0.4 is 9.64 Å². The maximum atomic E-state index is 13.5. The number of methoxy groups -OCH3 is 1. The van der Waals surface area contributed by atoms with E-state index in [0.29, 0.717) is 29.4 Å². The molecule has 0 spiro atoms. The van der Waals surface area contributed by atoms with Gasteiger partial charge in [-0.05, 0) is 61.0 Å². The Labute approximate surface area is 200 Å². The topological polar surface area (TPSA) is 68.2 Å². The van der Waals surface area contributed by atoms with Crippen LogP contribution in [-0.2, 0) is 9.53 Å². The van der Waals surface area contributed by atoms with Crippen molar-refractivity contribution in [3.8, 4) is 5.75 Å². The lowest BCUT2D eigenvalue weighted by molar-refractivity contribution is -0.113. The molecule has 3 aromatic carbocycles. The summed E-state index contributed by atoms with van der Waals surface area (Å²) in [7, 11) is 1.34. The molecular formula is C26H21BrN2O4. The van der Waals surface area contributed by atoms with Crippen molar-refractivity contribution in [2.24, 2.45) is 4.99 Å². The van der Waals surface area contributed by atoms with Crippen LogP contribution in [0, 0.1) is 0 Å². The highest BCUT2D eigenvalue weighted by Gasteiger charge is 2.33. The zero-order valence-corrected chi connectivity index (χ0v) is 19.7. The minimum absolute atomic E-state index is 0.248. The predicted molar refractivity (Wildman–Crippen MR) is 132 cm³/mol. The van der Waals surface area contributed by atoms with Crippen molar-refractivity contribution < 1.29 is 19.1 Å². The number of benzene rings is 3. The highest BCUT2D eigenvalue weighted by atomic mass is 79.9. The molecule has 7 heteroatoms. The Balaban J connectivity index is 1.75. The Kier molecular flexibility index (Phi) is 6.70. The molecule has 1 aliphatic heterocycles. The first-order chi connectivity index (χ1) is 16.0. The molecule has 0 saturated heterocycles. The van der Waals surface area contributed by atoms with Crippen molar-refractivity contribution >= 4 is 45.4 Å². The van der Waals surface area contributed by atoms with Gasteiger partial charge in [0.25, 0.3) is 5.91 Å². The van der Waals surface area contributed by atoms with Gasteiger partial charge in [0.15, 0.2) is 0 Å². The van der Waals surface area contributed by atoms with Gasteiger partial charge in [0.1, 0.15) is 17.3 Å². The van der Waals surface area contributed by atoms with Crippen LogP contribution in [0.5, 0.6) is 5.75 Å². The minimum atomic E-state index is -0.415. The first-order valence-corrected chi connectivity index (χ1v) is 11.1. The van der Waals surface area contributed by atoms with Crippen LogP contribution in [0.15, 0.2) is 88.0 Å². The number of hydrogen-bond donors (Lipinski definition) is 0. The predicted octanol–water partition coefficient (Wildman–Crippen LogP) is 5.47. The first-order valence-electron chi connectivity index (χ1n) is 10.3. The third-order valence-electron chi connectivity index (χ3n) is 5.02. The van der Waals surface area contributed by atoms with E-state index in [1.807, 2.05) is 55.5 Å². The SMILES string of the molecule is CCOc1ccc(N2C(=O)/C(=C\c3ccc(C(=O)OC)cc3)N=C2c2ccccc2Br)cc1. The maximum absolute atomic E-state index is 13.5. The van der Waals surface area contributed by atoms with Crippen LogP contribution in [0.1, 0.15) is 28.4 Å². The molecule has 0 N–H and O–H groups in total. The monoisotopic (exact) mass is 504 g/mol. The molecule has 1 aliphatic rings. The van der Waals surface area contributed by atoms with E-state index in [1.165, 1.54) is 7.11 Å². The highest BCUT2D eigenvalue weighted by Crippen LogP contribution is 2.31. The maximum Gasteiger partial charge on any atom is 0.337 e. The molecule has 3 aromatic rings. The van der Waals surface area contributed by atoms with Crippen molar-refractivity contribution in [1.29, 1.82) is 0 Å². The van der Waals surface area contributed by atoms with E-state index in [2.05, 4.69) is 20.9 Å². The fraction of sp³-hybridized carbons (Fsp3) is 0.115. The van der Waals surface area contributed by atoms with Crippen LogP contribution in [0.3, 0.4) is 0 Å². The average molecular weight is 505 g/mol. The minimum Gasteiger partial charge on any atom is -0.494 e. The molecule has 0 aliphatic carbocycles. The molecule has 0 bridgehead atoms. The van der Waals surface area contributed by atoms with Crippen LogP contribution in [0.2, 0.25) is 0 Å². The van der Waals surface area contributed by atoms with Gasteiger partial charge in [-0.25, -0.2) is 9.79 Å². The second-order valence-electron chi connectivity index (χ2n) is 7.13. The molecule has 0 atom stereocenters. The molecule has 1 heterocycles. The Hall–Kier alpha value is -3.71. The van der Waals surface area contributed by atoms with Gasteiger partial charge in [-0.3, -0.25) is 9.69 Å². The third kappa shape index (κ3) is 4.73. The van der Waals surface area contributed by atoms with Crippen molar-refractivity contribution in [1.82, 2.24) is 0 Å². The molecule has 166 valence electrons. The Morgan fingerprint density at radius 2 is 1.73 bits per heavy atom. The van der Waals surface area contributed by atoms with Gasteiger partial charge < -0.3 is 9.47 Å². The summed E-state index contributed by atoms with van der Waals surface area (Å²) in [6, 6.07) is 21.8. The van der Waals surface area contributed by atoms with E-state index in [0.717, 1.165) is 21.3 Å². The van der Waals surface area contributed by atoms with E-state index in [-0.39, 0.29) is 5.91 Å². The number of halogens is 1. The summed E-state index contributed by atoms with van der Waals surface area (Å²) in [6.07, 6.45) is 1.70. The normalized spacial score (nSPS) is 14.4. The molecule has 4 rings (SSSR count). The lowest BCUT2D eigenvalue weighted by Crippen LogP contribution is -2.32. The molecule has 0 radical (unpaired) electrons. The van der Waals surface area contributed by atoms with Gasteiger partial charge in [-0.15, -0.1) is 0 Å². The number of amidine groups is 1. The summed E-state index contributed by atoms with van der Waals surface area (Å²) in [5.74, 6) is 0.590. The number of amides is 1. The molecule has 33 heavy (non-hydrogen) atoms. The summed E-state index contributed by atoms with van der Waals surface area (Å²) < 4.78 is 11.1. The summed E-state index contributed by atoms with van der Waals surface area (Å²) in [5.41, 5.74) is 2.95. The smallest absolute Gasteiger partial charge is 0.337 e. The van der Waals surface area contributed by atoms with E-state index >= 15 is 0 Å². The average Bonchev–Trinajstić information content (AvgIpc) is 3.15. The highest BCUT2D eigenvalue weighted by molar-refractivity contribution is 9.10. The second-order valence-corrected chi connectivity index (χ2v) is 7.98. The van der Waals surface area contributed by atoms with Crippen LogP contribution >= 0.6 is 15.9 Å². The van der Waals surface area contributed by atoms with Gasteiger partial charge in [-0.1, -0.05) is 46.3 Å². The van der Waals surface area contributed by atoms with Gasteiger partial charge in [0, 0.05) is 10.0 Å². The molecule has 0 unspecified atom stereocenters. The molecular weight excluding hydrogens is 484 g/mol. The van der Waals surface area contributed by atoms with E-state index in [4.69, 9.17) is 9.47 Å². The Bertz CT molecular complexity index is 1250. The number of hydrogen-bond acceptors (Lipinski definition) is 5. The van der Waals surface area contributed by atoms with Gasteiger partial charge in [-0.2, -0.15) is 0 Å². The number of carbonyl (C=O) groups excluding carboxylic acids is 2. The number of aliphatic imine (C=N–C) groups is 1. The Morgan fingerprint density at radius 3 is 2.36 bits per heavy atom. The third-order valence-corrected chi connectivity index (χ3v) is 5.71. The lowest BCUT2D eigenvalue weighted by Gasteiger charge is -2.19. The zero-order valence-electron chi connectivity index (χ0n) is 18.1. The molecule has 6 nitrogen and oxygen atoms in total. The summed E-state index contributed by atoms with van der Waals surface area (Å²) in [6.45, 7) is 2.48. The first kappa shape index (κ1) is 22.5. The van der Waals surface area contributed by atoms with Gasteiger partial charge in [0.05, 0.1) is 25.0 Å². The fourth-order valence-corrected chi connectivity index (χ4v) is 3.89.